The Kier molecular flexibility index (Phi) is 5.30. The van der Waals surface area contributed by atoms with Crippen molar-refractivity contribution in [3.63, 3.8) is 0 Å². The third-order valence-corrected chi connectivity index (χ3v) is 5.13. The number of aromatic nitrogens is 3. The van der Waals surface area contributed by atoms with Crippen molar-refractivity contribution < 1.29 is 9.69 Å². The van der Waals surface area contributed by atoms with Crippen molar-refractivity contribution in [3.8, 4) is 0 Å². The Hall–Kier alpha value is -1.86. The van der Waals surface area contributed by atoms with Crippen molar-refractivity contribution in [2.45, 2.75) is 11.7 Å². The summed E-state index contributed by atoms with van der Waals surface area (Å²) in [6, 6.07) is 10.5. The minimum Gasteiger partial charge on any atom is -0.331 e. The van der Waals surface area contributed by atoms with Crippen molar-refractivity contribution in [3.05, 3.63) is 42.2 Å². The highest BCUT2D eigenvalue weighted by molar-refractivity contribution is 7.99. The molecule has 1 saturated heterocycles. The van der Waals surface area contributed by atoms with Crippen LogP contribution in [0.4, 0.5) is 0 Å². The molecule has 1 aromatic carbocycles. The van der Waals surface area contributed by atoms with Gasteiger partial charge in [-0.2, -0.15) is 0 Å². The van der Waals surface area contributed by atoms with Crippen molar-refractivity contribution in [1.82, 2.24) is 19.7 Å². The van der Waals surface area contributed by atoms with Crippen LogP contribution >= 0.6 is 11.8 Å². The van der Waals surface area contributed by atoms with Gasteiger partial charge in [0.25, 0.3) is 0 Å². The number of nitrogens with one attached hydrogen (secondary N) is 1. The molecule has 3 rings (SSSR count). The molecule has 2 heterocycles. The van der Waals surface area contributed by atoms with E-state index in [9.17, 15) is 4.79 Å². The van der Waals surface area contributed by atoms with E-state index in [0.717, 1.165) is 37.9 Å². The molecule has 0 unspecified atom stereocenters. The van der Waals surface area contributed by atoms with Gasteiger partial charge in [-0.3, -0.25) is 4.79 Å². The fourth-order valence-electron chi connectivity index (χ4n) is 2.75. The van der Waals surface area contributed by atoms with Gasteiger partial charge in [0.2, 0.25) is 5.91 Å². The Balaban J connectivity index is 1.43. The number of piperazine rings is 1. The lowest BCUT2D eigenvalue weighted by Gasteiger charge is -2.32. The number of carbonyl (C=O) groups is 1. The van der Waals surface area contributed by atoms with E-state index in [2.05, 4.69) is 34.5 Å². The highest BCUT2D eigenvalue weighted by Gasteiger charge is 2.23. The number of thioether (sulfide) groups is 1. The number of hydrogen-bond donors (Lipinski definition) is 1. The molecule has 0 saturated carbocycles. The highest BCUT2D eigenvalue weighted by Crippen LogP contribution is 2.14. The second kappa shape index (κ2) is 7.61. The molecule has 122 valence electrons. The molecule has 0 atom stereocenters. The number of aryl methyl sites for hydroxylation is 1. The van der Waals surface area contributed by atoms with E-state index in [1.54, 1.807) is 11.2 Å². The Morgan fingerprint density at radius 2 is 2.00 bits per heavy atom. The number of hydrogen-bond acceptors (Lipinski definition) is 4. The largest absolute Gasteiger partial charge is 0.331 e. The summed E-state index contributed by atoms with van der Waals surface area (Å²) in [6.45, 7) is 4.72. The molecule has 1 amide bonds. The van der Waals surface area contributed by atoms with Gasteiger partial charge >= 0.3 is 0 Å². The number of amides is 1. The summed E-state index contributed by atoms with van der Waals surface area (Å²) in [5, 5.41) is 8.60. The minimum atomic E-state index is 0.191. The van der Waals surface area contributed by atoms with Crippen LogP contribution in [0.1, 0.15) is 5.56 Å². The average Bonchev–Trinajstić information content (AvgIpc) is 2.99. The van der Waals surface area contributed by atoms with Gasteiger partial charge in [-0.25, -0.2) is 0 Å². The van der Waals surface area contributed by atoms with Crippen LogP contribution in [0.2, 0.25) is 0 Å². The van der Waals surface area contributed by atoms with Gasteiger partial charge in [0, 0.05) is 12.6 Å². The van der Waals surface area contributed by atoms with Crippen molar-refractivity contribution in [2.75, 3.05) is 31.9 Å². The predicted octanol–water partition coefficient (Wildman–Crippen LogP) is -0.165. The summed E-state index contributed by atoms with van der Waals surface area (Å²) in [4.78, 5) is 15.8. The summed E-state index contributed by atoms with van der Waals surface area (Å²) in [7, 11) is 1.89. The summed E-state index contributed by atoms with van der Waals surface area (Å²) >= 11 is 1.45. The second-order valence-corrected chi connectivity index (χ2v) is 6.75. The molecule has 0 bridgehead atoms. The van der Waals surface area contributed by atoms with Gasteiger partial charge < -0.3 is 14.4 Å². The van der Waals surface area contributed by atoms with Gasteiger partial charge in [0.05, 0.1) is 31.9 Å². The van der Waals surface area contributed by atoms with Gasteiger partial charge in [-0.05, 0) is 0 Å². The van der Waals surface area contributed by atoms with Crippen LogP contribution in [0.25, 0.3) is 0 Å². The SMILES string of the molecule is Cn1cnnc1SCC(=O)N1CC[NH+](Cc2ccccc2)CC1. The predicted molar refractivity (Wildman–Crippen MR) is 89.1 cm³/mol. The van der Waals surface area contributed by atoms with E-state index in [1.807, 2.05) is 22.6 Å². The first-order valence-electron chi connectivity index (χ1n) is 7.84. The molecule has 7 heteroatoms. The maximum atomic E-state index is 12.3. The van der Waals surface area contributed by atoms with Gasteiger partial charge in [0.15, 0.2) is 5.16 Å². The zero-order valence-corrected chi connectivity index (χ0v) is 14.1. The van der Waals surface area contributed by atoms with Crippen molar-refractivity contribution in [2.24, 2.45) is 7.05 Å². The van der Waals surface area contributed by atoms with E-state index >= 15 is 0 Å². The lowest BCUT2D eigenvalue weighted by molar-refractivity contribution is -0.917. The maximum absolute atomic E-state index is 12.3. The smallest absolute Gasteiger partial charge is 0.233 e. The third-order valence-electron chi connectivity index (χ3n) is 4.11. The van der Waals surface area contributed by atoms with Gasteiger partial charge in [-0.15, -0.1) is 10.2 Å². The average molecular weight is 332 g/mol. The summed E-state index contributed by atoms with van der Waals surface area (Å²) < 4.78 is 1.83. The Bertz CT molecular complexity index is 637. The van der Waals surface area contributed by atoms with Crippen LogP contribution in [-0.4, -0.2) is 57.5 Å². The topological polar surface area (TPSA) is 55.5 Å². The Labute approximate surface area is 140 Å². The maximum Gasteiger partial charge on any atom is 0.233 e. The summed E-state index contributed by atoms with van der Waals surface area (Å²) in [5.74, 6) is 0.623. The molecule has 1 aliphatic rings. The summed E-state index contributed by atoms with van der Waals surface area (Å²) in [5.41, 5.74) is 1.36. The van der Waals surface area contributed by atoms with Crippen LogP contribution < -0.4 is 4.90 Å². The summed E-state index contributed by atoms with van der Waals surface area (Å²) in [6.07, 6.45) is 1.65. The van der Waals surface area contributed by atoms with Crippen LogP contribution in [0, 0.1) is 0 Å². The molecule has 0 aliphatic carbocycles. The number of rotatable bonds is 5. The van der Waals surface area contributed by atoms with E-state index in [1.165, 1.54) is 17.3 Å². The van der Waals surface area contributed by atoms with E-state index in [4.69, 9.17) is 0 Å². The monoisotopic (exact) mass is 332 g/mol. The zero-order chi connectivity index (χ0) is 16.1. The van der Waals surface area contributed by atoms with Crippen molar-refractivity contribution in [1.29, 1.82) is 0 Å². The normalized spacial score (nSPS) is 15.8. The molecule has 1 N–H and O–H groups in total. The Morgan fingerprint density at radius 1 is 1.26 bits per heavy atom. The molecular weight excluding hydrogens is 310 g/mol. The molecule has 2 aromatic rings. The highest BCUT2D eigenvalue weighted by atomic mass is 32.2. The number of quaternary nitrogens is 1. The molecule has 23 heavy (non-hydrogen) atoms. The fourth-order valence-corrected chi connectivity index (χ4v) is 3.55. The first-order valence-corrected chi connectivity index (χ1v) is 8.83. The first kappa shape index (κ1) is 16.0. The van der Waals surface area contributed by atoms with Crippen LogP contribution in [-0.2, 0) is 18.4 Å². The molecule has 1 fully saturated rings. The van der Waals surface area contributed by atoms with E-state index in [-0.39, 0.29) is 5.91 Å². The zero-order valence-electron chi connectivity index (χ0n) is 13.3. The van der Waals surface area contributed by atoms with Crippen LogP contribution in [0.5, 0.6) is 0 Å². The number of nitrogens with zero attached hydrogens (tertiary/aromatic N) is 4. The standard InChI is InChI=1S/C16H21N5OS/c1-19-13-17-18-16(19)23-12-15(22)21-9-7-20(8-10-21)11-14-5-3-2-4-6-14/h2-6,13H,7-12H2,1H3/p+1. The lowest BCUT2D eigenvalue weighted by Crippen LogP contribution is -3.13. The van der Waals surface area contributed by atoms with E-state index in [0.29, 0.717) is 5.75 Å². The molecule has 0 spiro atoms. The molecule has 1 aromatic heterocycles. The molecule has 0 radical (unpaired) electrons. The van der Waals surface area contributed by atoms with E-state index < -0.39 is 0 Å². The lowest BCUT2D eigenvalue weighted by atomic mass is 10.2. The minimum absolute atomic E-state index is 0.191. The van der Waals surface area contributed by atoms with Crippen molar-refractivity contribution >= 4 is 17.7 Å². The third kappa shape index (κ3) is 4.33. The van der Waals surface area contributed by atoms with Crippen LogP contribution in [0.3, 0.4) is 0 Å². The first-order chi connectivity index (χ1) is 11.2. The van der Waals surface area contributed by atoms with Gasteiger partial charge in [-0.1, -0.05) is 42.1 Å². The number of benzene rings is 1. The molecular formula is C16H22N5OS+. The number of carbonyl (C=O) groups excluding carboxylic acids is 1. The molecule has 6 nitrogen and oxygen atoms in total. The Morgan fingerprint density at radius 3 is 2.65 bits per heavy atom. The quantitative estimate of drug-likeness (QED) is 0.773. The van der Waals surface area contributed by atoms with Gasteiger partial charge in [0.1, 0.15) is 12.9 Å². The molecule has 1 aliphatic heterocycles. The van der Waals surface area contributed by atoms with Crippen LogP contribution in [0.15, 0.2) is 41.8 Å². The second-order valence-electron chi connectivity index (χ2n) is 5.81. The fraction of sp³-hybridized carbons (Fsp3) is 0.438.